The molecule has 2 heterocycles. The van der Waals surface area contributed by atoms with Gasteiger partial charge in [-0.3, -0.25) is 9.59 Å². The first kappa shape index (κ1) is 14.0. The SMILES string of the molecule is O=C(NCC(=O)N1CCCC(CO)C1)c1cccs1. The summed E-state index contributed by atoms with van der Waals surface area (Å²) in [5.41, 5.74) is 0. The minimum absolute atomic E-state index is 0.0227. The largest absolute Gasteiger partial charge is 0.396 e. The Morgan fingerprint density at radius 1 is 1.53 bits per heavy atom. The molecule has 2 rings (SSSR count). The average Bonchev–Trinajstić information content (AvgIpc) is 2.98. The zero-order valence-electron chi connectivity index (χ0n) is 10.7. The van der Waals surface area contributed by atoms with E-state index in [2.05, 4.69) is 5.32 Å². The first-order valence-corrected chi connectivity index (χ1v) is 7.29. The molecule has 0 aliphatic carbocycles. The van der Waals surface area contributed by atoms with Gasteiger partial charge in [-0.05, 0) is 30.2 Å². The molecule has 1 aromatic rings. The third-order valence-electron chi connectivity index (χ3n) is 3.28. The molecule has 1 saturated heterocycles. The molecule has 0 spiro atoms. The Hall–Kier alpha value is -1.40. The second-order valence-electron chi connectivity index (χ2n) is 4.69. The van der Waals surface area contributed by atoms with Gasteiger partial charge in [-0.15, -0.1) is 11.3 Å². The Morgan fingerprint density at radius 3 is 3.05 bits per heavy atom. The van der Waals surface area contributed by atoms with E-state index in [-0.39, 0.29) is 30.9 Å². The number of carbonyl (C=O) groups excluding carboxylic acids is 2. The molecule has 1 aromatic heterocycles. The third kappa shape index (κ3) is 3.78. The summed E-state index contributed by atoms with van der Waals surface area (Å²) in [5.74, 6) is -0.118. The van der Waals surface area contributed by atoms with E-state index in [1.54, 1.807) is 17.0 Å². The van der Waals surface area contributed by atoms with Gasteiger partial charge < -0.3 is 15.3 Å². The van der Waals surface area contributed by atoms with Gasteiger partial charge in [-0.25, -0.2) is 0 Å². The fourth-order valence-electron chi connectivity index (χ4n) is 2.20. The number of thiophene rings is 1. The molecule has 0 aromatic carbocycles. The van der Waals surface area contributed by atoms with Crippen LogP contribution in [0.5, 0.6) is 0 Å². The van der Waals surface area contributed by atoms with E-state index in [1.807, 2.05) is 5.38 Å². The second kappa shape index (κ2) is 6.68. The second-order valence-corrected chi connectivity index (χ2v) is 5.64. The molecular formula is C13H18N2O3S. The Kier molecular flexibility index (Phi) is 4.93. The molecule has 0 bridgehead atoms. The number of piperidine rings is 1. The number of likely N-dealkylation sites (tertiary alicyclic amines) is 1. The summed E-state index contributed by atoms with van der Waals surface area (Å²) < 4.78 is 0. The van der Waals surface area contributed by atoms with Gasteiger partial charge in [0.05, 0.1) is 11.4 Å². The predicted molar refractivity (Wildman–Crippen MR) is 73.0 cm³/mol. The van der Waals surface area contributed by atoms with E-state index in [1.165, 1.54) is 11.3 Å². The monoisotopic (exact) mass is 282 g/mol. The first-order chi connectivity index (χ1) is 9.20. The van der Waals surface area contributed by atoms with Crippen LogP contribution in [0.2, 0.25) is 0 Å². The number of aliphatic hydroxyl groups excluding tert-OH is 1. The summed E-state index contributed by atoms with van der Waals surface area (Å²) in [6.45, 7) is 1.44. The molecule has 1 aliphatic heterocycles. The van der Waals surface area contributed by atoms with Crippen LogP contribution in [0.25, 0.3) is 0 Å². The lowest BCUT2D eigenvalue weighted by Gasteiger charge is -2.31. The highest BCUT2D eigenvalue weighted by Gasteiger charge is 2.23. The summed E-state index contributed by atoms with van der Waals surface area (Å²) in [6, 6.07) is 3.53. The quantitative estimate of drug-likeness (QED) is 0.854. The molecular weight excluding hydrogens is 264 g/mol. The Balaban J connectivity index is 1.79. The number of rotatable bonds is 4. The summed E-state index contributed by atoms with van der Waals surface area (Å²) in [4.78, 5) is 26.0. The van der Waals surface area contributed by atoms with Gasteiger partial charge in [-0.2, -0.15) is 0 Å². The lowest BCUT2D eigenvalue weighted by Crippen LogP contribution is -2.45. The molecule has 1 atom stereocenters. The fourth-order valence-corrected chi connectivity index (χ4v) is 2.84. The van der Waals surface area contributed by atoms with Gasteiger partial charge in [-0.1, -0.05) is 6.07 Å². The van der Waals surface area contributed by atoms with Crippen LogP contribution in [-0.4, -0.2) is 48.1 Å². The van der Waals surface area contributed by atoms with E-state index in [0.29, 0.717) is 18.0 Å². The number of amides is 2. The minimum Gasteiger partial charge on any atom is -0.396 e. The molecule has 0 radical (unpaired) electrons. The zero-order chi connectivity index (χ0) is 13.7. The van der Waals surface area contributed by atoms with Crippen LogP contribution in [0.1, 0.15) is 22.5 Å². The molecule has 2 N–H and O–H groups in total. The van der Waals surface area contributed by atoms with E-state index in [4.69, 9.17) is 5.11 Å². The molecule has 6 heteroatoms. The predicted octanol–water partition coefficient (Wildman–Crippen LogP) is 0.709. The van der Waals surface area contributed by atoms with Crippen LogP contribution >= 0.6 is 11.3 Å². The lowest BCUT2D eigenvalue weighted by atomic mass is 9.99. The number of carbonyl (C=O) groups is 2. The van der Waals surface area contributed by atoms with Crippen molar-refractivity contribution in [3.63, 3.8) is 0 Å². The highest BCUT2D eigenvalue weighted by molar-refractivity contribution is 7.12. The molecule has 2 amide bonds. The number of hydrogen-bond acceptors (Lipinski definition) is 4. The van der Waals surface area contributed by atoms with Crippen LogP contribution in [0, 0.1) is 5.92 Å². The van der Waals surface area contributed by atoms with E-state index >= 15 is 0 Å². The van der Waals surface area contributed by atoms with Gasteiger partial charge in [0.1, 0.15) is 0 Å². The van der Waals surface area contributed by atoms with Crippen molar-refractivity contribution >= 4 is 23.2 Å². The highest BCUT2D eigenvalue weighted by Crippen LogP contribution is 2.15. The van der Waals surface area contributed by atoms with Crippen LogP contribution < -0.4 is 5.32 Å². The van der Waals surface area contributed by atoms with Crippen molar-refractivity contribution < 1.29 is 14.7 Å². The van der Waals surface area contributed by atoms with Crippen LogP contribution in [-0.2, 0) is 4.79 Å². The van der Waals surface area contributed by atoms with E-state index in [9.17, 15) is 9.59 Å². The number of nitrogens with zero attached hydrogens (tertiary/aromatic N) is 1. The highest BCUT2D eigenvalue weighted by atomic mass is 32.1. The normalized spacial score (nSPS) is 19.2. The Labute approximate surface area is 116 Å². The van der Waals surface area contributed by atoms with Gasteiger partial charge in [0, 0.05) is 19.7 Å². The maximum atomic E-state index is 12.0. The third-order valence-corrected chi connectivity index (χ3v) is 4.14. The summed E-state index contributed by atoms with van der Waals surface area (Å²) >= 11 is 1.35. The van der Waals surface area contributed by atoms with Gasteiger partial charge in [0.15, 0.2) is 0 Å². The van der Waals surface area contributed by atoms with Crippen molar-refractivity contribution in [3.05, 3.63) is 22.4 Å². The van der Waals surface area contributed by atoms with Gasteiger partial charge in [0.2, 0.25) is 5.91 Å². The van der Waals surface area contributed by atoms with Gasteiger partial charge >= 0.3 is 0 Å². The van der Waals surface area contributed by atoms with Crippen molar-refractivity contribution in [2.75, 3.05) is 26.2 Å². The topological polar surface area (TPSA) is 69.6 Å². The number of aliphatic hydroxyl groups is 1. The van der Waals surface area contributed by atoms with Crippen molar-refractivity contribution in [1.82, 2.24) is 10.2 Å². The number of nitrogens with one attached hydrogen (secondary N) is 1. The lowest BCUT2D eigenvalue weighted by molar-refractivity contribution is -0.132. The molecule has 1 unspecified atom stereocenters. The van der Waals surface area contributed by atoms with Gasteiger partial charge in [0.25, 0.3) is 5.91 Å². The molecule has 1 fully saturated rings. The van der Waals surface area contributed by atoms with Crippen molar-refractivity contribution in [1.29, 1.82) is 0 Å². The fraction of sp³-hybridized carbons (Fsp3) is 0.538. The van der Waals surface area contributed by atoms with E-state index < -0.39 is 0 Å². The standard InChI is InChI=1S/C13H18N2O3S/c16-9-10-3-1-5-15(8-10)12(17)7-14-13(18)11-4-2-6-19-11/h2,4,6,10,16H,1,3,5,7-9H2,(H,14,18). The molecule has 0 saturated carbocycles. The van der Waals surface area contributed by atoms with Crippen LogP contribution in [0.15, 0.2) is 17.5 Å². The Bertz CT molecular complexity index is 433. The van der Waals surface area contributed by atoms with Crippen LogP contribution in [0.3, 0.4) is 0 Å². The summed E-state index contributed by atoms with van der Waals surface area (Å²) in [6.07, 6.45) is 1.87. The summed E-state index contributed by atoms with van der Waals surface area (Å²) in [5, 5.41) is 13.6. The minimum atomic E-state index is -0.209. The summed E-state index contributed by atoms with van der Waals surface area (Å²) in [7, 11) is 0. The zero-order valence-corrected chi connectivity index (χ0v) is 11.5. The average molecular weight is 282 g/mol. The van der Waals surface area contributed by atoms with Crippen LogP contribution in [0.4, 0.5) is 0 Å². The molecule has 5 nitrogen and oxygen atoms in total. The smallest absolute Gasteiger partial charge is 0.261 e. The first-order valence-electron chi connectivity index (χ1n) is 6.41. The van der Waals surface area contributed by atoms with E-state index in [0.717, 1.165) is 12.8 Å². The Morgan fingerprint density at radius 2 is 2.37 bits per heavy atom. The van der Waals surface area contributed by atoms with Crippen molar-refractivity contribution in [2.24, 2.45) is 5.92 Å². The molecule has 19 heavy (non-hydrogen) atoms. The molecule has 1 aliphatic rings. The molecule has 104 valence electrons. The van der Waals surface area contributed by atoms with Crippen molar-refractivity contribution in [2.45, 2.75) is 12.8 Å². The number of hydrogen-bond donors (Lipinski definition) is 2. The maximum absolute atomic E-state index is 12.0. The van der Waals surface area contributed by atoms with Crippen molar-refractivity contribution in [3.8, 4) is 0 Å². The maximum Gasteiger partial charge on any atom is 0.261 e.